The number of benzene rings is 8. The van der Waals surface area contributed by atoms with Gasteiger partial charge < -0.3 is 4.90 Å². The maximum absolute atomic E-state index is 2.41. The van der Waals surface area contributed by atoms with Gasteiger partial charge in [-0.15, -0.1) is 0 Å². The van der Waals surface area contributed by atoms with E-state index in [1.165, 1.54) is 72.3 Å². The number of anilines is 3. The van der Waals surface area contributed by atoms with Crippen LogP contribution in [0.4, 0.5) is 17.1 Å². The third kappa shape index (κ3) is 7.14. The smallest absolute Gasteiger partial charge is 0.0465 e. The third-order valence-corrected chi connectivity index (χ3v) is 11.1. The van der Waals surface area contributed by atoms with Gasteiger partial charge in [0.1, 0.15) is 0 Å². The van der Waals surface area contributed by atoms with E-state index in [-0.39, 0.29) is 5.41 Å². The second-order valence-electron chi connectivity index (χ2n) is 15.2. The Morgan fingerprint density at radius 2 is 0.800 bits per heavy atom. The molecule has 1 aliphatic carbocycles. The predicted molar refractivity (Wildman–Crippen MR) is 236 cm³/mol. The summed E-state index contributed by atoms with van der Waals surface area (Å²) in [6.07, 6.45) is 0. The van der Waals surface area contributed by atoms with Crippen LogP contribution in [0.25, 0.3) is 44.5 Å². The van der Waals surface area contributed by atoms with E-state index >= 15 is 0 Å². The number of hydrogen-bond donors (Lipinski definition) is 0. The normalized spacial score (nSPS) is 12.2. The van der Waals surface area contributed by atoms with Gasteiger partial charge in [-0.2, -0.15) is 0 Å². The molecule has 1 aliphatic rings. The molecule has 0 unspecified atom stereocenters. The lowest BCUT2D eigenvalue weighted by molar-refractivity contribution is 0.660. The first-order valence-electron chi connectivity index (χ1n) is 19.3. The molecule has 0 N–H and O–H groups in total. The highest BCUT2D eigenvalue weighted by molar-refractivity contribution is 5.86. The number of hydrogen-bond acceptors (Lipinski definition) is 1. The van der Waals surface area contributed by atoms with Gasteiger partial charge in [0, 0.05) is 22.5 Å². The summed E-state index contributed by atoms with van der Waals surface area (Å²) in [6.45, 7) is 11.2. The minimum absolute atomic E-state index is 0.0745. The Kier molecular flexibility index (Phi) is 9.79. The summed E-state index contributed by atoms with van der Waals surface area (Å²) in [5.41, 5.74) is 20.1. The van der Waals surface area contributed by atoms with Crippen LogP contribution in [0.2, 0.25) is 0 Å². The largest absolute Gasteiger partial charge is 0.310 e. The van der Waals surface area contributed by atoms with Crippen molar-refractivity contribution in [1.82, 2.24) is 0 Å². The molecule has 0 amide bonds. The first-order chi connectivity index (χ1) is 26.8. The molecule has 0 spiro atoms. The van der Waals surface area contributed by atoms with Crippen molar-refractivity contribution in [2.24, 2.45) is 0 Å². The lowest BCUT2D eigenvalue weighted by atomic mass is 9.82. The summed E-state index contributed by atoms with van der Waals surface area (Å²) in [7, 11) is 0. The van der Waals surface area contributed by atoms with Crippen LogP contribution in [0.3, 0.4) is 0 Å². The van der Waals surface area contributed by atoms with Gasteiger partial charge in [-0.3, -0.25) is 0 Å². The molecule has 0 aromatic heterocycles. The summed E-state index contributed by atoms with van der Waals surface area (Å²) >= 11 is 0. The molecular weight excluding hydrogens is 663 g/mol. The van der Waals surface area contributed by atoms with Crippen LogP contribution >= 0.6 is 0 Å². The summed E-state index contributed by atoms with van der Waals surface area (Å²) in [5, 5.41) is 0. The van der Waals surface area contributed by atoms with Crippen molar-refractivity contribution in [2.75, 3.05) is 4.90 Å². The molecule has 0 saturated heterocycles. The van der Waals surface area contributed by atoms with Gasteiger partial charge >= 0.3 is 0 Å². The Labute approximate surface area is 327 Å². The van der Waals surface area contributed by atoms with E-state index in [4.69, 9.17) is 0 Å². The Morgan fingerprint density at radius 3 is 1.42 bits per heavy atom. The minimum Gasteiger partial charge on any atom is -0.310 e. The van der Waals surface area contributed by atoms with Crippen LogP contribution in [0, 0.1) is 20.8 Å². The van der Waals surface area contributed by atoms with Crippen molar-refractivity contribution in [3.63, 3.8) is 0 Å². The second kappa shape index (κ2) is 15.1. The zero-order valence-corrected chi connectivity index (χ0v) is 32.4. The minimum atomic E-state index is -0.0745. The molecule has 0 bridgehead atoms. The van der Waals surface area contributed by atoms with Crippen LogP contribution in [0.15, 0.2) is 194 Å². The molecule has 9 rings (SSSR count). The lowest BCUT2D eigenvalue weighted by Gasteiger charge is -2.28. The summed E-state index contributed by atoms with van der Waals surface area (Å²) < 4.78 is 0. The van der Waals surface area contributed by atoms with Crippen LogP contribution in [-0.4, -0.2) is 0 Å². The van der Waals surface area contributed by atoms with Gasteiger partial charge in [-0.25, -0.2) is 0 Å². The van der Waals surface area contributed by atoms with Crippen LogP contribution in [-0.2, 0) is 5.41 Å². The first-order valence-corrected chi connectivity index (χ1v) is 19.3. The topological polar surface area (TPSA) is 3.24 Å². The molecule has 55 heavy (non-hydrogen) atoms. The average molecular weight is 710 g/mol. The molecule has 8 aromatic rings. The number of rotatable bonds is 6. The maximum atomic E-state index is 2.41. The van der Waals surface area contributed by atoms with Gasteiger partial charge in [0.05, 0.1) is 0 Å². The number of nitrogens with zero attached hydrogens (tertiary/aromatic N) is 1. The molecule has 268 valence electrons. The molecule has 1 heteroatoms. The van der Waals surface area contributed by atoms with Gasteiger partial charge in [0.15, 0.2) is 0 Å². The van der Waals surface area contributed by atoms with Crippen molar-refractivity contribution in [1.29, 1.82) is 0 Å². The highest BCUT2D eigenvalue weighted by atomic mass is 15.1. The molecule has 0 atom stereocenters. The second-order valence-corrected chi connectivity index (χ2v) is 15.2. The number of fused-ring (bicyclic) bond motifs is 3. The zero-order valence-electron chi connectivity index (χ0n) is 32.4. The quantitative estimate of drug-likeness (QED) is 0.166. The van der Waals surface area contributed by atoms with Crippen LogP contribution < -0.4 is 4.90 Å². The fraction of sp³-hybridized carbons (Fsp3) is 0.111. The van der Waals surface area contributed by atoms with E-state index in [9.17, 15) is 0 Å². The molecule has 0 aliphatic heterocycles. The fourth-order valence-electron chi connectivity index (χ4n) is 8.02. The van der Waals surface area contributed by atoms with Crippen molar-refractivity contribution in [3.8, 4) is 44.5 Å². The van der Waals surface area contributed by atoms with E-state index in [1.54, 1.807) is 0 Å². The number of aryl methyl sites for hydroxylation is 3. The van der Waals surface area contributed by atoms with Gasteiger partial charge in [0.2, 0.25) is 0 Å². The Hall–Kier alpha value is -6.44. The highest BCUT2D eigenvalue weighted by Crippen LogP contribution is 2.50. The summed E-state index contributed by atoms with van der Waals surface area (Å²) in [6, 6.07) is 70.2. The molecule has 8 aromatic carbocycles. The Morgan fingerprint density at radius 1 is 0.327 bits per heavy atom. The molecular formula is C54H47N. The monoisotopic (exact) mass is 709 g/mol. The van der Waals surface area contributed by atoms with E-state index in [2.05, 4.69) is 215 Å². The van der Waals surface area contributed by atoms with Gasteiger partial charge in [0.25, 0.3) is 0 Å². The SMILES string of the molecule is Cc1ccccc1.Cc1ccccc1-c1cc(-c2ccc(N(c3ccc(-c4ccccc4)cc3)c3ccc4c(c3)C(C)(C)c3ccccc3-4)cc2)ccc1C. The molecule has 0 saturated carbocycles. The molecule has 1 nitrogen and oxygen atoms in total. The average Bonchev–Trinajstić information content (AvgIpc) is 3.45. The highest BCUT2D eigenvalue weighted by Gasteiger charge is 2.35. The predicted octanol–water partition coefficient (Wildman–Crippen LogP) is 15.1. The van der Waals surface area contributed by atoms with Crippen molar-refractivity contribution in [2.45, 2.75) is 40.0 Å². The zero-order chi connectivity index (χ0) is 37.9. The third-order valence-electron chi connectivity index (χ3n) is 11.1. The maximum Gasteiger partial charge on any atom is 0.0465 e. The van der Waals surface area contributed by atoms with Gasteiger partial charge in [-0.1, -0.05) is 171 Å². The molecule has 0 radical (unpaired) electrons. The van der Waals surface area contributed by atoms with E-state index in [0.29, 0.717) is 0 Å². The van der Waals surface area contributed by atoms with Crippen molar-refractivity contribution < 1.29 is 0 Å². The summed E-state index contributed by atoms with van der Waals surface area (Å²) in [5.74, 6) is 0. The van der Waals surface area contributed by atoms with E-state index in [0.717, 1.165) is 17.1 Å². The molecule has 0 heterocycles. The standard InChI is InChI=1S/C47H39N.C7H8/c1-32-12-8-9-15-41(32)44-30-37(19-18-33(44)2)36-22-26-39(27-23-36)48(38-24-20-35(21-25-38)34-13-6-5-7-14-34)40-28-29-43-42-16-10-11-17-45(42)47(3,4)46(43)31-40;1-7-5-3-2-4-6-7/h5-31H,1-4H3;2-6H,1H3. The van der Waals surface area contributed by atoms with Crippen molar-refractivity contribution in [3.05, 3.63) is 222 Å². The van der Waals surface area contributed by atoms with Crippen LogP contribution in [0.5, 0.6) is 0 Å². The van der Waals surface area contributed by atoms with Crippen LogP contribution in [0.1, 0.15) is 41.7 Å². The Bertz CT molecular complexity index is 2560. The van der Waals surface area contributed by atoms with Gasteiger partial charge in [-0.05, 0) is 130 Å². The van der Waals surface area contributed by atoms with E-state index < -0.39 is 0 Å². The van der Waals surface area contributed by atoms with E-state index in [1.807, 2.05) is 18.2 Å². The van der Waals surface area contributed by atoms with Crippen molar-refractivity contribution >= 4 is 17.1 Å². The lowest BCUT2D eigenvalue weighted by Crippen LogP contribution is -2.16. The first kappa shape index (κ1) is 35.6. The molecule has 0 fully saturated rings. The summed E-state index contributed by atoms with van der Waals surface area (Å²) in [4.78, 5) is 2.39. The Balaban J connectivity index is 0.000000551. The fourth-order valence-corrected chi connectivity index (χ4v) is 8.02.